The zero-order valence-electron chi connectivity index (χ0n) is 22.9. The summed E-state index contributed by atoms with van der Waals surface area (Å²) >= 11 is 6.51. The first kappa shape index (κ1) is 26.5. The first-order valence-corrected chi connectivity index (χ1v) is 14.1. The number of hydrazone groups is 1. The van der Waals surface area contributed by atoms with Crippen molar-refractivity contribution in [2.45, 2.75) is 19.0 Å². The van der Waals surface area contributed by atoms with E-state index in [9.17, 15) is 4.79 Å². The van der Waals surface area contributed by atoms with Crippen LogP contribution in [0.2, 0.25) is 0 Å². The molecule has 0 radical (unpaired) electrons. The van der Waals surface area contributed by atoms with E-state index in [2.05, 4.69) is 17.9 Å². The summed E-state index contributed by atoms with van der Waals surface area (Å²) in [7, 11) is 1.43. The lowest BCUT2D eigenvalue weighted by atomic mass is 9.89. The first-order chi connectivity index (χ1) is 20.1. The van der Waals surface area contributed by atoms with Crippen LogP contribution >= 0.6 is 12.2 Å². The average molecular weight is 559 g/mol. The number of hydrogen-bond donors (Lipinski definition) is 0. The maximum absolute atomic E-state index is 14.1. The largest absolute Gasteiger partial charge is 0.468 e. The minimum atomic E-state index is -1.27. The molecule has 7 heteroatoms. The number of methoxy groups -OCH3 is 1. The normalized spacial score (nSPS) is 21.1. The second-order valence-corrected chi connectivity index (χ2v) is 10.2. The Morgan fingerprint density at radius 2 is 1.34 bits per heavy atom. The fourth-order valence-electron chi connectivity index (χ4n) is 5.81. The van der Waals surface area contributed by atoms with Crippen molar-refractivity contribution in [2.75, 3.05) is 21.9 Å². The second-order valence-electron chi connectivity index (χ2n) is 9.80. The van der Waals surface area contributed by atoms with Crippen LogP contribution in [0.25, 0.3) is 0 Å². The van der Waals surface area contributed by atoms with Gasteiger partial charge in [0.15, 0.2) is 5.84 Å². The SMILES string of the molecule is CC/C=C1\[C@@H](C(=O)OC)[C@@]2(C(=S)N1c1ccccc1)N(c1ccccc1)N=C(c1ccccc1)N2c1ccccc1. The minimum Gasteiger partial charge on any atom is -0.468 e. The lowest BCUT2D eigenvalue weighted by Gasteiger charge is -2.44. The van der Waals surface area contributed by atoms with E-state index < -0.39 is 17.6 Å². The van der Waals surface area contributed by atoms with E-state index in [1.165, 1.54) is 7.11 Å². The summed E-state index contributed by atoms with van der Waals surface area (Å²) in [6.45, 7) is 2.06. The van der Waals surface area contributed by atoms with Gasteiger partial charge in [0.1, 0.15) is 10.9 Å². The summed E-state index contributed by atoms with van der Waals surface area (Å²) in [4.78, 5) is 18.8. The summed E-state index contributed by atoms with van der Waals surface area (Å²) in [5.41, 5.74) is 2.93. The van der Waals surface area contributed by atoms with Gasteiger partial charge in [-0.25, -0.2) is 5.01 Å². The highest BCUT2D eigenvalue weighted by molar-refractivity contribution is 7.81. The highest BCUT2D eigenvalue weighted by atomic mass is 32.1. The van der Waals surface area contributed by atoms with Gasteiger partial charge in [-0.15, -0.1) is 0 Å². The molecule has 4 aromatic carbocycles. The molecule has 2 heterocycles. The molecule has 4 aromatic rings. The topological polar surface area (TPSA) is 48.4 Å². The third-order valence-electron chi connectivity index (χ3n) is 7.46. The van der Waals surface area contributed by atoms with Crippen LogP contribution in [0.4, 0.5) is 17.1 Å². The van der Waals surface area contributed by atoms with Gasteiger partial charge >= 0.3 is 5.97 Å². The molecule has 2 atom stereocenters. The maximum atomic E-state index is 14.1. The number of rotatable bonds is 6. The predicted molar refractivity (Wildman–Crippen MR) is 169 cm³/mol. The van der Waals surface area contributed by atoms with Gasteiger partial charge < -0.3 is 9.64 Å². The molecular weight excluding hydrogens is 528 g/mol. The van der Waals surface area contributed by atoms with E-state index in [1.807, 2.05) is 131 Å². The molecule has 0 N–H and O–H groups in total. The van der Waals surface area contributed by atoms with Crippen LogP contribution in [0.1, 0.15) is 18.9 Å². The van der Waals surface area contributed by atoms with Crippen LogP contribution in [-0.2, 0) is 9.53 Å². The van der Waals surface area contributed by atoms with Gasteiger partial charge in [-0.2, -0.15) is 5.10 Å². The molecule has 0 saturated carbocycles. The molecule has 0 aromatic heterocycles. The van der Waals surface area contributed by atoms with E-state index in [1.54, 1.807) is 0 Å². The van der Waals surface area contributed by atoms with E-state index in [0.29, 0.717) is 17.2 Å². The quantitative estimate of drug-likeness (QED) is 0.188. The van der Waals surface area contributed by atoms with Crippen LogP contribution in [0.3, 0.4) is 0 Å². The Hall–Kier alpha value is -4.75. The third-order valence-corrected chi connectivity index (χ3v) is 7.94. The number of amidine groups is 1. The molecule has 41 heavy (non-hydrogen) atoms. The molecule has 0 aliphatic carbocycles. The molecule has 6 nitrogen and oxygen atoms in total. The number of anilines is 3. The molecule has 2 aliphatic rings. The fourth-order valence-corrected chi connectivity index (χ4v) is 6.32. The zero-order valence-corrected chi connectivity index (χ0v) is 23.7. The van der Waals surface area contributed by atoms with E-state index >= 15 is 0 Å². The molecule has 0 bridgehead atoms. The van der Waals surface area contributed by atoms with Gasteiger partial charge in [0.25, 0.3) is 0 Å². The van der Waals surface area contributed by atoms with Crippen molar-refractivity contribution in [3.8, 4) is 0 Å². The highest BCUT2D eigenvalue weighted by Gasteiger charge is 2.68. The van der Waals surface area contributed by atoms with Gasteiger partial charge in [-0.1, -0.05) is 110 Å². The highest BCUT2D eigenvalue weighted by Crippen LogP contribution is 2.53. The number of hydrogen-bond acceptors (Lipinski definition) is 6. The number of carbonyl (C=O) groups is 1. The molecule has 0 unspecified atom stereocenters. The Bertz CT molecular complexity index is 1610. The minimum absolute atomic E-state index is 0.392. The third kappa shape index (κ3) is 4.21. The Morgan fingerprint density at radius 3 is 1.88 bits per heavy atom. The lowest BCUT2D eigenvalue weighted by Crippen LogP contribution is -2.65. The molecular formula is C34H30N4O2S. The lowest BCUT2D eigenvalue weighted by molar-refractivity contribution is -0.145. The van der Waals surface area contributed by atoms with Crippen molar-refractivity contribution in [3.05, 3.63) is 139 Å². The standard InChI is InChI=1S/C34H30N4O2S/c1-3-16-29-30(32(39)40-2)34(33(41)36(29)26-19-10-5-11-20-26)37(27-21-12-6-13-22-27)31(25-17-8-4-9-18-25)35-38(34)28-23-14-7-15-24-28/h4-24,30H,3H2,1-2H3/b29-16+/t30-,34-/m0/s1. The van der Waals surface area contributed by atoms with Crippen LogP contribution < -0.4 is 14.8 Å². The van der Waals surface area contributed by atoms with Crippen LogP contribution in [0, 0.1) is 5.92 Å². The van der Waals surface area contributed by atoms with Crippen molar-refractivity contribution in [3.63, 3.8) is 0 Å². The maximum Gasteiger partial charge on any atom is 0.319 e. The number of benzene rings is 4. The van der Waals surface area contributed by atoms with Gasteiger partial charge in [0.2, 0.25) is 5.66 Å². The predicted octanol–water partition coefficient (Wildman–Crippen LogP) is 7.00. The molecule has 2 aliphatic heterocycles. The Balaban J connectivity index is 1.72. The molecule has 1 fully saturated rings. The summed E-state index contributed by atoms with van der Waals surface area (Å²) in [6.07, 6.45) is 2.77. The van der Waals surface area contributed by atoms with E-state index in [-0.39, 0.29) is 0 Å². The van der Waals surface area contributed by atoms with Crippen molar-refractivity contribution < 1.29 is 9.53 Å². The van der Waals surface area contributed by atoms with Crippen LogP contribution in [0.5, 0.6) is 0 Å². The zero-order chi connectivity index (χ0) is 28.4. The first-order valence-electron chi connectivity index (χ1n) is 13.6. The molecule has 6 rings (SSSR count). The summed E-state index contributed by atoms with van der Waals surface area (Å²) in [5.74, 6) is -0.537. The van der Waals surface area contributed by atoms with Crippen molar-refractivity contribution >= 4 is 46.1 Å². The number of nitrogens with zero attached hydrogens (tertiary/aromatic N) is 4. The summed E-state index contributed by atoms with van der Waals surface area (Å²) in [5, 5.41) is 7.20. The molecule has 1 spiro atoms. The Labute approximate surface area is 245 Å². The number of para-hydroxylation sites is 3. The number of ether oxygens (including phenoxy) is 1. The number of esters is 1. The van der Waals surface area contributed by atoms with Crippen LogP contribution in [0.15, 0.2) is 138 Å². The Morgan fingerprint density at radius 1 is 0.829 bits per heavy atom. The number of thiocarbonyl (C=S) groups is 1. The van der Waals surface area contributed by atoms with E-state index in [0.717, 1.165) is 28.3 Å². The molecule has 204 valence electrons. The van der Waals surface area contributed by atoms with Gasteiger partial charge in [0, 0.05) is 22.6 Å². The van der Waals surface area contributed by atoms with Crippen LogP contribution in [-0.4, -0.2) is 29.6 Å². The molecule has 0 amide bonds. The van der Waals surface area contributed by atoms with Gasteiger partial charge in [-0.05, 0) is 42.8 Å². The monoisotopic (exact) mass is 558 g/mol. The number of carbonyl (C=O) groups excluding carboxylic acids is 1. The smallest absolute Gasteiger partial charge is 0.319 e. The average Bonchev–Trinajstić information content (AvgIpc) is 3.51. The van der Waals surface area contributed by atoms with E-state index in [4.69, 9.17) is 22.1 Å². The summed E-state index contributed by atoms with van der Waals surface area (Å²) in [6, 6.07) is 39.8. The van der Waals surface area contributed by atoms with Crippen molar-refractivity contribution in [1.82, 2.24) is 0 Å². The van der Waals surface area contributed by atoms with Gasteiger partial charge in [0.05, 0.1) is 12.8 Å². The van der Waals surface area contributed by atoms with Gasteiger partial charge in [-0.3, -0.25) is 9.69 Å². The second kappa shape index (κ2) is 11.0. The Kier molecular flexibility index (Phi) is 7.12. The fraction of sp³-hybridized carbons (Fsp3) is 0.147. The van der Waals surface area contributed by atoms with Crippen molar-refractivity contribution in [1.29, 1.82) is 0 Å². The number of allylic oxidation sites excluding steroid dienone is 1. The molecule has 1 saturated heterocycles. The summed E-state index contributed by atoms with van der Waals surface area (Å²) < 4.78 is 5.57. The van der Waals surface area contributed by atoms with Crippen molar-refractivity contribution in [2.24, 2.45) is 11.0 Å².